The predicted octanol–water partition coefficient (Wildman–Crippen LogP) is 3.13. The molecule has 0 saturated heterocycles. The number of hydrogen-bond donors (Lipinski definition) is 2. The van der Waals surface area contributed by atoms with E-state index in [1.807, 2.05) is 40.7 Å². The number of aryl methyl sites for hydroxylation is 3. The monoisotopic (exact) mass is 409 g/mol. The van der Waals surface area contributed by atoms with Gasteiger partial charge in [0.2, 0.25) is 5.88 Å². The number of benzene rings is 1. The fourth-order valence-electron chi connectivity index (χ4n) is 3.10. The average molecular weight is 409 g/mol. The molecule has 1 aromatic carbocycles. The fourth-order valence-corrected chi connectivity index (χ4v) is 3.10. The van der Waals surface area contributed by atoms with E-state index in [1.165, 1.54) is 0 Å². The first kappa shape index (κ1) is 21.3. The molecular weight excluding hydrogens is 382 g/mol. The smallest absolute Gasteiger partial charge is 0.262 e. The number of fused-ring (bicyclic) bond motifs is 1. The summed E-state index contributed by atoms with van der Waals surface area (Å²) < 4.78 is 7.31. The van der Waals surface area contributed by atoms with Crippen molar-refractivity contribution in [3.63, 3.8) is 0 Å². The number of rotatable bonds is 5. The van der Waals surface area contributed by atoms with Gasteiger partial charge >= 0.3 is 0 Å². The van der Waals surface area contributed by atoms with Crippen LogP contribution in [-0.4, -0.2) is 38.7 Å². The Kier molecular flexibility index (Phi) is 5.78. The highest BCUT2D eigenvalue weighted by Gasteiger charge is 2.17. The number of ether oxygens (including phenoxy) is 1. The molecule has 0 aliphatic carbocycles. The maximum atomic E-state index is 12.3. The van der Waals surface area contributed by atoms with E-state index in [1.54, 1.807) is 36.0 Å². The Hall–Kier alpha value is -3.42. The molecule has 3 aromatic rings. The molecule has 158 valence electrons. The van der Waals surface area contributed by atoms with E-state index >= 15 is 0 Å². The summed E-state index contributed by atoms with van der Waals surface area (Å²) in [6.07, 6.45) is 0. The molecule has 0 radical (unpaired) electrons. The van der Waals surface area contributed by atoms with Crippen LogP contribution >= 0.6 is 0 Å². The third-order valence-corrected chi connectivity index (χ3v) is 4.35. The normalized spacial score (nSPS) is 11.4. The lowest BCUT2D eigenvalue weighted by Crippen LogP contribution is -2.40. The van der Waals surface area contributed by atoms with Gasteiger partial charge in [-0.25, -0.2) is 9.67 Å². The molecule has 0 spiro atoms. The first-order valence-electron chi connectivity index (χ1n) is 9.69. The second-order valence-corrected chi connectivity index (χ2v) is 8.33. The molecular formula is C22H27N5O3. The van der Waals surface area contributed by atoms with E-state index in [0.717, 1.165) is 16.6 Å². The quantitative estimate of drug-likeness (QED) is 0.675. The highest BCUT2D eigenvalue weighted by molar-refractivity contribution is 5.96. The number of carbonyl (C=O) groups excluding carboxylic acids is 2. The number of pyridine rings is 1. The van der Waals surface area contributed by atoms with Gasteiger partial charge in [-0.05, 0) is 70.5 Å². The zero-order valence-electron chi connectivity index (χ0n) is 18.2. The van der Waals surface area contributed by atoms with Crippen LogP contribution in [0.25, 0.3) is 11.0 Å². The van der Waals surface area contributed by atoms with Gasteiger partial charge in [0, 0.05) is 29.5 Å². The van der Waals surface area contributed by atoms with Crippen LogP contribution in [0.4, 0.5) is 5.69 Å². The van der Waals surface area contributed by atoms with Crippen molar-refractivity contribution in [2.24, 2.45) is 7.05 Å². The van der Waals surface area contributed by atoms with Crippen LogP contribution < -0.4 is 15.4 Å². The Morgan fingerprint density at radius 3 is 2.43 bits per heavy atom. The standard InChI is InChI=1S/C22H27N5O3/c1-13-11-14(2)23-19-18(13)21(26-27(19)6)30-12-17(28)24-16-9-7-15(8-10-16)20(29)25-22(3,4)5/h7-11H,12H2,1-6H3,(H,24,28)(H,25,29). The minimum absolute atomic E-state index is 0.162. The van der Waals surface area contributed by atoms with Gasteiger partial charge < -0.3 is 15.4 Å². The number of carbonyl (C=O) groups is 2. The number of nitrogens with one attached hydrogen (secondary N) is 2. The number of amides is 2. The molecule has 0 aliphatic heterocycles. The highest BCUT2D eigenvalue weighted by atomic mass is 16.5. The Morgan fingerprint density at radius 1 is 1.13 bits per heavy atom. The summed E-state index contributed by atoms with van der Waals surface area (Å²) in [4.78, 5) is 29.0. The first-order valence-corrected chi connectivity index (χ1v) is 9.69. The predicted molar refractivity (Wildman–Crippen MR) is 116 cm³/mol. The molecule has 2 amide bonds. The van der Waals surface area contributed by atoms with E-state index in [2.05, 4.69) is 20.7 Å². The SMILES string of the molecule is Cc1cc(C)c2c(OCC(=O)Nc3ccc(C(=O)NC(C)(C)C)cc3)nn(C)c2n1. The molecule has 0 aliphatic rings. The lowest BCUT2D eigenvalue weighted by atomic mass is 10.1. The minimum atomic E-state index is -0.321. The van der Waals surface area contributed by atoms with Crippen molar-refractivity contribution in [3.05, 3.63) is 47.2 Å². The van der Waals surface area contributed by atoms with Crippen LogP contribution in [0.1, 0.15) is 42.4 Å². The van der Waals surface area contributed by atoms with Gasteiger partial charge in [0.15, 0.2) is 12.3 Å². The van der Waals surface area contributed by atoms with Crippen LogP contribution in [0.5, 0.6) is 5.88 Å². The van der Waals surface area contributed by atoms with Crippen molar-refractivity contribution in [2.75, 3.05) is 11.9 Å². The van der Waals surface area contributed by atoms with Crippen LogP contribution in [-0.2, 0) is 11.8 Å². The van der Waals surface area contributed by atoms with Gasteiger partial charge in [0.1, 0.15) is 0 Å². The molecule has 2 heterocycles. The molecule has 0 atom stereocenters. The van der Waals surface area contributed by atoms with Crippen molar-refractivity contribution >= 4 is 28.5 Å². The molecule has 0 fully saturated rings. The highest BCUT2D eigenvalue weighted by Crippen LogP contribution is 2.27. The molecule has 0 saturated carbocycles. The third-order valence-electron chi connectivity index (χ3n) is 4.35. The zero-order valence-corrected chi connectivity index (χ0v) is 18.2. The molecule has 8 heteroatoms. The van der Waals surface area contributed by atoms with Gasteiger partial charge in [-0.3, -0.25) is 9.59 Å². The van der Waals surface area contributed by atoms with Crippen molar-refractivity contribution in [2.45, 2.75) is 40.2 Å². The maximum Gasteiger partial charge on any atom is 0.262 e. The van der Waals surface area contributed by atoms with Gasteiger partial charge in [-0.2, -0.15) is 0 Å². The van der Waals surface area contributed by atoms with Crippen molar-refractivity contribution in [1.82, 2.24) is 20.1 Å². The van der Waals surface area contributed by atoms with Crippen LogP contribution in [0.15, 0.2) is 30.3 Å². The van der Waals surface area contributed by atoms with E-state index < -0.39 is 0 Å². The molecule has 3 rings (SSSR count). The van der Waals surface area contributed by atoms with Crippen molar-refractivity contribution < 1.29 is 14.3 Å². The number of hydrogen-bond acceptors (Lipinski definition) is 5. The van der Waals surface area contributed by atoms with E-state index in [4.69, 9.17) is 4.74 Å². The first-order chi connectivity index (χ1) is 14.0. The summed E-state index contributed by atoms with van der Waals surface area (Å²) in [6.45, 7) is 9.45. The summed E-state index contributed by atoms with van der Waals surface area (Å²) in [5.41, 5.74) is 3.39. The summed E-state index contributed by atoms with van der Waals surface area (Å²) in [5, 5.41) is 10.8. The molecule has 8 nitrogen and oxygen atoms in total. The lowest BCUT2D eigenvalue weighted by Gasteiger charge is -2.20. The Labute approximate surface area is 175 Å². The summed E-state index contributed by atoms with van der Waals surface area (Å²) >= 11 is 0. The fraction of sp³-hybridized carbons (Fsp3) is 0.364. The molecule has 2 aromatic heterocycles. The summed E-state index contributed by atoms with van der Waals surface area (Å²) in [5.74, 6) is -0.106. The molecule has 0 unspecified atom stereocenters. The van der Waals surface area contributed by atoms with E-state index in [9.17, 15) is 9.59 Å². The maximum absolute atomic E-state index is 12.3. The van der Waals surface area contributed by atoms with Crippen molar-refractivity contribution in [1.29, 1.82) is 0 Å². The van der Waals surface area contributed by atoms with Gasteiger partial charge in [0.05, 0.1) is 5.39 Å². The molecule has 0 bridgehead atoms. The number of nitrogens with zero attached hydrogens (tertiary/aromatic N) is 3. The second kappa shape index (κ2) is 8.14. The Balaban J connectivity index is 1.63. The van der Waals surface area contributed by atoms with Crippen LogP contribution in [0.3, 0.4) is 0 Å². The van der Waals surface area contributed by atoms with Gasteiger partial charge in [-0.1, -0.05) is 0 Å². The number of anilines is 1. The summed E-state index contributed by atoms with van der Waals surface area (Å²) in [7, 11) is 1.79. The topological polar surface area (TPSA) is 98.1 Å². The van der Waals surface area contributed by atoms with Gasteiger partial charge in [0.25, 0.3) is 11.8 Å². The van der Waals surface area contributed by atoms with E-state index in [-0.39, 0.29) is 24.0 Å². The van der Waals surface area contributed by atoms with Crippen LogP contribution in [0.2, 0.25) is 0 Å². The van der Waals surface area contributed by atoms with Crippen LogP contribution in [0, 0.1) is 13.8 Å². The largest absolute Gasteiger partial charge is 0.466 e. The third kappa shape index (κ3) is 4.94. The molecule has 2 N–H and O–H groups in total. The lowest BCUT2D eigenvalue weighted by molar-refractivity contribution is -0.118. The average Bonchev–Trinajstić information content (AvgIpc) is 2.95. The second-order valence-electron chi connectivity index (χ2n) is 8.33. The minimum Gasteiger partial charge on any atom is -0.466 e. The molecule has 30 heavy (non-hydrogen) atoms. The summed E-state index contributed by atoms with van der Waals surface area (Å²) in [6, 6.07) is 8.65. The number of aromatic nitrogens is 3. The van der Waals surface area contributed by atoms with Crippen molar-refractivity contribution in [3.8, 4) is 5.88 Å². The van der Waals surface area contributed by atoms with E-state index in [0.29, 0.717) is 22.8 Å². The van der Waals surface area contributed by atoms with Gasteiger partial charge in [-0.15, -0.1) is 5.10 Å². The Morgan fingerprint density at radius 2 is 1.80 bits per heavy atom. The zero-order chi connectivity index (χ0) is 22.1. The Bertz CT molecular complexity index is 1090.